The largest absolute Gasteiger partial charge is 0.273 e. The van der Waals surface area contributed by atoms with Gasteiger partial charge in [-0.1, -0.05) is 6.07 Å². The Balaban J connectivity index is 2.61. The Hall–Kier alpha value is -1.09. The highest BCUT2D eigenvalue weighted by molar-refractivity contribution is 5.32. The normalized spacial score (nSPS) is 9.64. The molecule has 60 valence electrons. The Morgan fingerprint density at radius 1 is 1.55 bits per heavy atom. The maximum Gasteiger partial charge on any atom is 0.151 e. The Bertz CT molecular complexity index is 201. The Morgan fingerprint density at radius 2 is 2.36 bits per heavy atom. The molecule has 0 saturated carbocycles. The lowest BCUT2D eigenvalue weighted by atomic mass is 10.5. The SMILES string of the molecule is CCON(C)c1ccccn1. The van der Waals surface area contributed by atoms with Crippen LogP contribution in [-0.2, 0) is 4.84 Å². The molecule has 0 atom stereocenters. The van der Waals surface area contributed by atoms with Gasteiger partial charge in [-0.2, -0.15) is 0 Å². The van der Waals surface area contributed by atoms with Gasteiger partial charge in [-0.3, -0.25) is 4.84 Å². The van der Waals surface area contributed by atoms with Gasteiger partial charge in [-0.05, 0) is 19.1 Å². The van der Waals surface area contributed by atoms with Gasteiger partial charge in [0.05, 0.1) is 6.61 Å². The van der Waals surface area contributed by atoms with Crippen molar-refractivity contribution in [2.24, 2.45) is 0 Å². The monoisotopic (exact) mass is 152 g/mol. The lowest BCUT2D eigenvalue weighted by Crippen LogP contribution is -2.18. The average Bonchev–Trinajstić information content (AvgIpc) is 2.07. The van der Waals surface area contributed by atoms with Gasteiger partial charge in [0.2, 0.25) is 0 Å². The minimum absolute atomic E-state index is 0.660. The molecule has 3 nitrogen and oxygen atoms in total. The fourth-order valence-corrected chi connectivity index (χ4v) is 0.800. The highest BCUT2D eigenvalue weighted by Crippen LogP contribution is 2.05. The van der Waals surface area contributed by atoms with Gasteiger partial charge in [0.1, 0.15) is 0 Å². The third kappa shape index (κ3) is 2.20. The van der Waals surface area contributed by atoms with E-state index in [0.29, 0.717) is 6.61 Å². The summed E-state index contributed by atoms with van der Waals surface area (Å²) >= 11 is 0. The minimum atomic E-state index is 0.660. The number of nitrogens with zero attached hydrogens (tertiary/aromatic N) is 2. The van der Waals surface area contributed by atoms with Crippen LogP contribution in [0.4, 0.5) is 5.82 Å². The maximum absolute atomic E-state index is 5.20. The molecule has 0 spiro atoms. The second-order valence-electron chi connectivity index (χ2n) is 2.10. The first-order chi connectivity index (χ1) is 5.34. The molecule has 11 heavy (non-hydrogen) atoms. The van der Waals surface area contributed by atoms with Crippen molar-refractivity contribution in [3.05, 3.63) is 24.4 Å². The number of pyridine rings is 1. The summed E-state index contributed by atoms with van der Waals surface area (Å²) in [5.41, 5.74) is 0. The number of anilines is 1. The molecule has 0 amide bonds. The Labute approximate surface area is 66.6 Å². The van der Waals surface area contributed by atoms with Crippen molar-refractivity contribution in [3.63, 3.8) is 0 Å². The molecule has 1 aromatic heterocycles. The molecule has 0 radical (unpaired) electrons. The van der Waals surface area contributed by atoms with Crippen LogP contribution in [-0.4, -0.2) is 18.6 Å². The molecule has 0 bridgehead atoms. The summed E-state index contributed by atoms with van der Waals surface area (Å²) in [7, 11) is 1.84. The quantitative estimate of drug-likeness (QED) is 0.613. The highest BCUT2D eigenvalue weighted by atomic mass is 16.7. The fraction of sp³-hybridized carbons (Fsp3) is 0.375. The van der Waals surface area contributed by atoms with E-state index in [9.17, 15) is 0 Å². The molecule has 0 fully saturated rings. The molecule has 0 unspecified atom stereocenters. The molecule has 0 aliphatic heterocycles. The zero-order chi connectivity index (χ0) is 8.10. The molecule has 3 heteroatoms. The summed E-state index contributed by atoms with van der Waals surface area (Å²) in [6.45, 7) is 2.60. The second kappa shape index (κ2) is 3.93. The molecule has 1 rings (SSSR count). The molecule has 1 aromatic rings. The van der Waals surface area contributed by atoms with Crippen LogP contribution in [0.5, 0.6) is 0 Å². The van der Waals surface area contributed by atoms with Crippen molar-refractivity contribution in [2.75, 3.05) is 18.7 Å². The molecule has 0 N–H and O–H groups in total. The lowest BCUT2D eigenvalue weighted by molar-refractivity contribution is 0.133. The fourth-order valence-electron chi connectivity index (χ4n) is 0.800. The summed E-state index contributed by atoms with van der Waals surface area (Å²) in [6, 6.07) is 5.71. The van der Waals surface area contributed by atoms with Gasteiger partial charge in [-0.15, -0.1) is 0 Å². The van der Waals surface area contributed by atoms with Crippen molar-refractivity contribution in [3.8, 4) is 0 Å². The van der Waals surface area contributed by atoms with E-state index < -0.39 is 0 Å². The number of aromatic nitrogens is 1. The van der Waals surface area contributed by atoms with Gasteiger partial charge in [0.25, 0.3) is 0 Å². The first-order valence-corrected chi connectivity index (χ1v) is 3.62. The van der Waals surface area contributed by atoms with Crippen LogP contribution < -0.4 is 5.06 Å². The van der Waals surface area contributed by atoms with Crippen LogP contribution in [0, 0.1) is 0 Å². The predicted molar refractivity (Wildman–Crippen MR) is 44.3 cm³/mol. The van der Waals surface area contributed by atoms with E-state index in [2.05, 4.69) is 4.98 Å². The van der Waals surface area contributed by atoms with Crippen molar-refractivity contribution >= 4 is 5.82 Å². The van der Waals surface area contributed by atoms with E-state index in [1.807, 2.05) is 32.2 Å². The molecule has 0 saturated heterocycles. The smallest absolute Gasteiger partial charge is 0.151 e. The third-order valence-corrected chi connectivity index (χ3v) is 1.29. The van der Waals surface area contributed by atoms with Gasteiger partial charge in [0, 0.05) is 13.2 Å². The molecular formula is C8H12N2O. The minimum Gasteiger partial charge on any atom is -0.273 e. The topological polar surface area (TPSA) is 25.4 Å². The lowest BCUT2D eigenvalue weighted by Gasteiger charge is -2.15. The molecule has 0 aliphatic carbocycles. The number of hydrogen-bond acceptors (Lipinski definition) is 3. The zero-order valence-electron chi connectivity index (χ0n) is 6.82. The number of hydrogen-bond donors (Lipinski definition) is 0. The first kappa shape index (κ1) is 8.01. The second-order valence-corrected chi connectivity index (χ2v) is 2.10. The number of rotatable bonds is 3. The summed E-state index contributed by atoms with van der Waals surface area (Å²) in [6.07, 6.45) is 1.74. The van der Waals surface area contributed by atoms with E-state index in [1.54, 1.807) is 11.3 Å². The van der Waals surface area contributed by atoms with Crippen molar-refractivity contribution < 1.29 is 4.84 Å². The summed E-state index contributed by atoms with van der Waals surface area (Å²) in [5, 5.41) is 1.65. The van der Waals surface area contributed by atoms with E-state index in [0.717, 1.165) is 5.82 Å². The first-order valence-electron chi connectivity index (χ1n) is 3.62. The van der Waals surface area contributed by atoms with Crippen molar-refractivity contribution in [1.29, 1.82) is 0 Å². The molecular weight excluding hydrogens is 140 g/mol. The summed E-state index contributed by atoms with van der Waals surface area (Å²) in [4.78, 5) is 9.30. The van der Waals surface area contributed by atoms with Crippen LogP contribution in [0.1, 0.15) is 6.92 Å². The molecule has 0 aliphatic rings. The zero-order valence-corrected chi connectivity index (χ0v) is 6.82. The van der Waals surface area contributed by atoms with Crippen molar-refractivity contribution in [2.45, 2.75) is 6.92 Å². The van der Waals surface area contributed by atoms with Crippen LogP contribution in [0.2, 0.25) is 0 Å². The van der Waals surface area contributed by atoms with Crippen LogP contribution >= 0.6 is 0 Å². The Morgan fingerprint density at radius 3 is 2.91 bits per heavy atom. The standard InChI is InChI=1S/C8H12N2O/c1-3-11-10(2)8-6-4-5-7-9-8/h4-7H,3H2,1-2H3. The van der Waals surface area contributed by atoms with Gasteiger partial charge in [0.15, 0.2) is 5.82 Å². The third-order valence-electron chi connectivity index (χ3n) is 1.29. The van der Waals surface area contributed by atoms with Gasteiger partial charge < -0.3 is 0 Å². The predicted octanol–water partition coefficient (Wildman–Crippen LogP) is 1.47. The Kier molecular flexibility index (Phi) is 2.86. The van der Waals surface area contributed by atoms with E-state index >= 15 is 0 Å². The number of hydroxylamine groups is 1. The van der Waals surface area contributed by atoms with Crippen LogP contribution in [0.25, 0.3) is 0 Å². The van der Waals surface area contributed by atoms with E-state index in [1.165, 1.54) is 0 Å². The van der Waals surface area contributed by atoms with Gasteiger partial charge in [-0.25, -0.2) is 10.0 Å². The van der Waals surface area contributed by atoms with Crippen LogP contribution in [0.15, 0.2) is 24.4 Å². The average molecular weight is 152 g/mol. The molecule has 0 aromatic carbocycles. The summed E-state index contributed by atoms with van der Waals surface area (Å²) < 4.78 is 0. The van der Waals surface area contributed by atoms with Crippen molar-refractivity contribution in [1.82, 2.24) is 4.98 Å². The molecule has 1 heterocycles. The van der Waals surface area contributed by atoms with Crippen LogP contribution in [0.3, 0.4) is 0 Å². The van der Waals surface area contributed by atoms with E-state index in [-0.39, 0.29) is 0 Å². The van der Waals surface area contributed by atoms with E-state index in [4.69, 9.17) is 4.84 Å². The maximum atomic E-state index is 5.20. The van der Waals surface area contributed by atoms with Gasteiger partial charge >= 0.3 is 0 Å². The highest BCUT2D eigenvalue weighted by Gasteiger charge is 1.97. The summed E-state index contributed by atoms with van der Waals surface area (Å²) in [5.74, 6) is 0.828.